The molecule has 0 radical (unpaired) electrons. The Labute approximate surface area is 160 Å². The van der Waals surface area contributed by atoms with Gasteiger partial charge in [0.1, 0.15) is 6.61 Å². The summed E-state index contributed by atoms with van der Waals surface area (Å²) in [6, 6.07) is 7.34. The second-order valence-electron chi connectivity index (χ2n) is 6.13. The molecule has 0 unspecified atom stereocenters. The van der Waals surface area contributed by atoms with Gasteiger partial charge >= 0.3 is 0 Å². The lowest BCUT2D eigenvalue weighted by atomic mass is 10.1. The standard InChI is InChI=1S/C20H30N2O5/c1-3-19(24)21-11-12-26-13-14-27-15-18(23)5-4-10-22-20(25)17-8-6-16(2)7-9-17/h6-9H,3-5,10-15H2,1-2H3,(H,21,24)(H,22,25). The molecule has 0 aliphatic carbocycles. The van der Waals surface area contributed by atoms with Crippen molar-refractivity contribution in [2.24, 2.45) is 0 Å². The van der Waals surface area contributed by atoms with E-state index in [9.17, 15) is 14.4 Å². The van der Waals surface area contributed by atoms with Gasteiger partial charge in [-0.15, -0.1) is 0 Å². The summed E-state index contributed by atoms with van der Waals surface area (Å²) in [5.74, 6) is -0.142. The van der Waals surface area contributed by atoms with Gasteiger partial charge in [0.25, 0.3) is 5.91 Å². The molecule has 0 atom stereocenters. The molecule has 0 aromatic heterocycles. The summed E-state index contributed by atoms with van der Waals surface area (Å²) in [7, 11) is 0. The van der Waals surface area contributed by atoms with Gasteiger partial charge in [0.15, 0.2) is 5.78 Å². The van der Waals surface area contributed by atoms with Gasteiger partial charge in [-0.3, -0.25) is 14.4 Å². The number of aryl methyl sites for hydroxylation is 1. The maximum absolute atomic E-state index is 11.9. The third-order valence-electron chi connectivity index (χ3n) is 3.76. The lowest BCUT2D eigenvalue weighted by Gasteiger charge is -2.07. The summed E-state index contributed by atoms with van der Waals surface area (Å²) in [6.07, 6.45) is 1.40. The van der Waals surface area contributed by atoms with Crippen molar-refractivity contribution < 1.29 is 23.9 Å². The van der Waals surface area contributed by atoms with Crippen molar-refractivity contribution >= 4 is 17.6 Å². The van der Waals surface area contributed by atoms with Crippen molar-refractivity contribution in [1.29, 1.82) is 0 Å². The van der Waals surface area contributed by atoms with Crippen molar-refractivity contribution in [2.45, 2.75) is 33.1 Å². The van der Waals surface area contributed by atoms with Crippen molar-refractivity contribution in [2.75, 3.05) is 39.5 Å². The first-order valence-corrected chi connectivity index (χ1v) is 9.31. The first-order valence-electron chi connectivity index (χ1n) is 9.31. The number of nitrogens with one attached hydrogen (secondary N) is 2. The largest absolute Gasteiger partial charge is 0.377 e. The Bertz CT molecular complexity index is 587. The third-order valence-corrected chi connectivity index (χ3v) is 3.76. The van der Waals surface area contributed by atoms with Crippen LogP contribution in [-0.4, -0.2) is 57.1 Å². The highest BCUT2D eigenvalue weighted by molar-refractivity contribution is 5.94. The zero-order valence-electron chi connectivity index (χ0n) is 16.2. The van der Waals surface area contributed by atoms with Crippen LogP contribution in [0.3, 0.4) is 0 Å². The number of benzene rings is 1. The van der Waals surface area contributed by atoms with E-state index in [4.69, 9.17) is 9.47 Å². The summed E-state index contributed by atoms with van der Waals surface area (Å²) in [4.78, 5) is 34.6. The van der Waals surface area contributed by atoms with Crippen LogP contribution in [0, 0.1) is 6.92 Å². The van der Waals surface area contributed by atoms with E-state index in [0.717, 1.165) is 5.56 Å². The van der Waals surface area contributed by atoms with E-state index in [1.807, 2.05) is 19.1 Å². The lowest BCUT2D eigenvalue weighted by molar-refractivity contribution is -0.124. The fraction of sp³-hybridized carbons (Fsp3) is 0.550. The molecule has 1 aromatic rings. The second-order valence-corrected chi connectivity index (χ2v) is 6.13. The van der Waals surface area contributed by atoms with Gasteiger partial charge in [-0.1, -0.05) is 24.6 Å². The van der Waals surface area contributed by atoms with E-state index in [1.54, 1.807) is 19.1 Å². The van der Waals surface area contributed by atoms with Crippen LogP contribution in [0.15, 0.2) is 24.3 Å². The molecule has 0 saturated carbocycles. The zero-order valence-corrected chi connectivity index (χ0v) is 16.2. The SMILES string of the molecule is CCC(=O)NCCOCCOCC(=O)CCCNC(=O)c1ccc(C)cc1. The minimum absolute atomic E-state index is 0.00416. The Kier molecular flexibility index (Phi) is 11.7. The minimum Gasteiger partial charge on any atom is -0.377 e. The van der Waals surface area contributed by atoms with Crippen LogP contribution in [0.1, 0.15) is 42.1 Å². The molecule has 2 amide bonds. The van der Waals surface area contributed by atoms with Gasteiger partial charge in [-0.05, 0) is 25.5 Å². The molecule has 27 heavy (non-hydrogen) atoms. The molecule has 2 N–H and O–H groups in total. The number of ether oxygens (including phenoxy) is 2. The predicted molar refractivity (Wildman–Crippen MR) is 103 cm³/mol. The molecule has 150 valence electrons. The Balaban J connectivity index is 1.96. The quantitative estimate of drug-likeness (QED) is 0.480. The highest BCUT2D eigenvalue weighted by Gasteiger charge is 2.06. The number of hydrogen-bond donors (Lipinski definition) is 2. The van der Waals surface area contributed by atoms with Crippen molar-refractivity contribution in [3.63, 3.8) is 0 Å². The summed E-state index contributed by atoms with van der Waals surface area (Å²) in [6.45, 7) is 5.85. The number of carbonyl (C=O) groups is 3. The van der Waals surface area contributed by atoms with E-state index in [2.05, 4.69) is 10.6 Å². The zero-order chi connectivity index (χ0) is 19.9. The molecule has 1 rings (SSSR count). The van der Waals surface area contributed by atoms with Crippen molar-refractivity contribution in [3.8, 4) is 0 Å². The Morgan fingerprint density at radius 1 is 0.926 bits per heavy atom. The number of hydrogen-bond acceptors (Lipinski definition) is 5. The number of ketones is 1. The molecule has 0 heterocycles. The number of amides is 2. The van der Waals surface area contributed by atoms with Crippen LogP contribution >= 0.6 is 0 Å². The van der Waals surface area contributed by atoms with Gasteiger partial charge in [-0.2, -0.15) is 0 Å². The van der Waals surface area contributed by atoms with Crippen LogP contribution in [0.25, 0.3) is 0 Å². The van der Waals surface area contributed by atoms with Crippen molar-refractivity contribution in [3.05, 3.63) is 35.4 Å². The molecule has 1 aromatic carbocycles. The molecular weight excluding hydrogens is 348 g/mol. The fourth-order valence-electron chi connectivity index (χ4n) is 2.16. The number of rotatable bonds is 14. The fourth-order valence-corrected chi connectivity index (χ4v) is 2.16. The Hall–Kier alpha value is -2.25. The third kappa shape index (κ3) is 11.1. The predicted octanol–water partition coefficient (Wildman–Crippen LogP) is 1.63. The molecule has 0 aliphatic heterocycles. The first-order chi connectivity index (χ1) is 13.0. The maximum atomic E-state index is 11.9. The highest BCUT2D eigenvalue weighted by atomic mass is 16.5. The van der Waals surface area contributed by atoms with Crippen LogP contribution in [0.2, 0.25) is 0 Å². The van der Waals surface area contributed by atoms with E-state index >= 15 is 0 Å². The van der Waals surface area contributed by atoms with Crippen LogP contribution in [0.4, 0.5) is 0 Å². The average molecular weight is 378 g/mol. The van der Waals surface area contributed by atoms with Crippen LogP contribution in [-0.2, 0) is 19.1 Å². The number of Topliss-reactive ketones (excluding diaryl/α,β-unsaturated/α-hetero) is 1. The molecule has 7 heteroatoms. The molecule has 0 spiro atoms. The van der Waals surface area contributed by atoms with Gasteiger partial charge in [0, 0.05) is 31.5 Å². The maximum Gasteiger partial charge on any atom is 0.251 e. The van der Waals surface area contributed by atoms with Crippen LogP contribution in [0.5, 0.6) is 0 Å². The summed E-state index contributed by atoms with van der Waals surface area (Å²) in [5, 5.41) is 5.50. The second kappa shape index (κ2) is 13.9. The summed E-state index contributed by atoms with van der Waals surface area (Å²) >= 11 is 0. The van der Waals surface area contributed by atoms with Gasteiger partial charge in [-0.25, -0.2) is 0 Å². The van der Waals surface area contributed by atoms with Gasteiger partial charge in [0.05, 0.1) is 19.8 Å². The molecule has 0 saturated heterocycles. The van der Waals surface area contributed by atoms with E-state index in [-0.39, 0.29) is 24.2 Å². The monoisotopic (exact) mass is 378 g/mol. The molecular formula is C20H30N2O5. The molecule has 7 nitrogen and oxygen atoms in total. The normalized spacial score (nSPS) is 10.4. The molecule has 0 bridgehead atoms. The smallest absolute Gasteiger partial charge is 0.251 e. The van der Waals surface area contributed by atoms with E-state index < -0.39 is 0 Å². The average Bonchev–Trinajstić information content (AvgIpc) is 2.67. The topological polar surface area (TPSA) is 93.7 Å². The lowest BCUT2D eigenvalue weighted by Crippen LogP contribution is -2.26. The minimum atomic E-state index is -0.133. The van der Waals surface area contributed by atoms with Crippen LogP contribution < -0.4 is 10.6 Å². The Morgan fingerprint density at radius 3 is 2.33 bits per heavy atom. The Morgan fingerprint density at radius 2 is 1.63 bits per heavy atom. The molecule has 0 fully saturated rings. The first kappa shape index (κ1) is 22.8. The highest BCUT2D eigenvalue weighted by Crippen LogP contribution is 2.03. The van der Waals surface area contributed by atoms with Gasteiger partial charge in [0.2, 0.25) is 5.91 Å². The van der Waals surface area contributed by atoms with E-state index in [1.165, 1.54) is 0 Å². The summed E-state index contributed by atoms with van der Waals surface area (Å²) < 4.78 is 10.5. The van der Waals surface area contributed by atoms with Crippen molar-refractivity contribution in [1.82, 2.24) is 10.6 Å². The molecule has 0 aliphatic rings. The van der Waals surface area contributed by atoms with Gasteiger partial charge < -0.3 is 20.1 Å². The summed E-state index contributed by atoms with van der Waals surface area (Å²) in [5.41, 5.74) is 1.72. The number of carbonyl (C=O) groups excluding carboxylic acids is 3. The van der Waals surface area contributed by atoms with E-state index in [0.29, 0.717) is 57.7 Å².